The zero-order valence-corrected chi connectivity index (χ0v) is 16.8. The predicted molar refractivity (Wildman–Crippen MR) is 105 cm³/mol. The van der Waals surface area contributed by atoms with Gasteiger partial charge in [0, 0.05) is 42.7 Å². The molecule has 6 nitrogen and oxygen atoms in total. The molecular weight excluding hydrogens is 380 g/mol. The van der Waals surface area contributed by atoms with Crippen LogP contribution in [0, 0.1) is 11.8 Å². The maximum atomic E-state index is 13.2. The highest BCUT2D eigenvalue weighted by Crippen LogP contribution is 2.28. The number of likely N-dealkylation sites (tertiary alicyclic amines) is 2. The van der Waals surface area contributed by atoms with E-state index >= 15 is 0 Å². The van der Waals surface area contributed by atoms with Crippen molar-refractivity contribution in [3.05, 3.63) is 34.9 Å². The molecule has 3 fully saturated rings. The Morgan fingerprint density at radius 3 is 2.36 bits per heavy atom. The molecule has 0 N–H and O–H groups in total. The van der Waals surface area contributed by atoms with Gasteiger partial charge in [-0.25, -0.2) is 0 Å². The van der Waals surface area contributed by atoms with Crippen LogP contribution >= 0.6 is 11.6 Å². The highest BCUT2D eigenvalue weighted by molar-refractivity contribution is 6.30. The van der Waals surface area contributed by atoms with Crippen molar-refractivity contribution in [1.29, 1.82) is 0 Å². The van der Waals surface area contributed by atoms with Gasteiger partial charge in [-0.1, -0.05) is 11.6 Å². The highest BCUT2D eigenvalue weighted by atomic mass is 35.5. The minimum atomic E-state index is -0.176. The number of halogens is 1. The van der Waals surface area contributed by atoms with Gasteiger partial charge in [-0.05, 0) is 49.9 Å². The van der Waals surface area contributed by atoms with Crippen LogP contribution in [0.15, 0.2) is 24.3 Å². The molecule has 0 aromatic heterocycles. The van der Waals surface area contributed by atoms with Crippen LogP contribution in [0.3, 0.4) is 0 Å². The summed E-state index contributed by atoms with van der Waals surface area (Å²) in [6.07, 6.45) is 3.51. The van der Waals surface area contributed by atoms with Gasteiger partial charge in [0.15, 0.2) is 6.29 Å². The van der Waals surface area contributed by atoms with Crippen molar-refractivity contribution in [2.24, 2.45) is 11.8 Å². The monoisotopic (exact) mass is 406 g/mol. The summed E-state index contributed by atoms with van der Waals surface area (Å²) in [4.78, 5) is 29.7. The van der Waals surface area contributed by atoms with Gasteiger partial charge in [0.25, 0.3) is 5.91 Å². The fraction of sp³-hybridized carbons (Fsp3) is 0.619. The van der Waals surface area contributed by atoms with E-state index in [2.05, 4.69) is 0 Å². The molecule has 3 heterocycles. The van der Waals surface area contributed by atoms with E-state index in [0.29, 0.717) is 43.4 Å². The van der Waals surface area contributed by atoms with Crippen molar-refractivity contribution < 1.29 is 19.1 Å². The van der Waals surface area contributed by atoms with Crippen LogP contribution in [-0.4, -0.2) is 67.3 Å². The molecule has 1 aromatic carbocycles. The molecule has 7 heteroatoms. The summed E-state index contributed by atoms with van der Waals surface area (Å²) >= 11 is 5.92. The number of amides is 2. The largest absolute Gasteiger partial charge is 0.350 e. The van der Waals surface area contributed by atoms with Crippen molar-refractivity contribution in [1.82, 2.24) is 9.80 Å². The molecule has 0 aliphatic carbocycles. The molecule has 3 saturated heterocycles. The van der Waals surface area contributed by atoms with Gasteiger partial charge in [-0.2, -0.15) is 0 Å². The minimum absolute atomic E-state index is 0.0292. The summed E-state index contributed by atoms with van der Waals surface area (Å²) in [5.74, 6) is 0.250. The topological polar surface area (TPSA) is 59.1 Å². The minimum Gasteiger partial charge on any atom is -0.350 e. The molecule has 1 aromatic rings. The fourth-order valence-corrected chi connectivity index (χ4v) is 4.60. The highest BCUT2D eigenvalue weighted by Gasteiger charge is 2.36. The summed E-state index contributed by atoms with van der Waals surface area (Å²) in [6, 6.07) is 6.94. The molecule has 2 atom stereocenters. The first-order valence-electron chi connectivity index (χ1n) is 10.2. The fourth-order valence-electron chi connectivity index (χ4n) is 4.48. The lowest BCUT2D eigenvalue weighted by atomic mass is 9.92. The van der Waals surface area contributed by atoms with E-state index in [1.54, 1.807) is 29.2 Å². The van der Waals surface area contributed by atoms with E-state index in [0.717, 1.165) is 32.2 Å². The number of rotatable bonds is 3. The molecule has 2 amide bonds. The number of carbonyl (C=O) groups is 2. The van der Waals surface area contributed by atoms with E-state index in [4.69, 9.17) is 21.1 Å². The Morgan fingerprint density at radius 1 is 0.929 bits per heavy atom. The summed E-state index contributed by atoms with van der Waals surface area (Å²) in [7, 11) is 0. The third-order valence-electron chi connectivity index (χ3n) is 5.95. The average Bonchev–Trinajstić information content (AvgIpc) is 3.28. The first-order valence-corrected chi connectivity index (χ1v) is 10.6. The van der Waals surface area contributed by atoms with E-state index in [1.807, 2.05) is 4.90 Å². The lowest BCUT2D eigenvalue weighted by Crippen LogP contribution is -2.50. The molecule has 152 valence electrons. The molecule has 0 bridgehead atoms. The number of nitrogens with zero attached hydrogens (tertiary/aromatic N) is 2. The number of carbonyl (C=O) groups excluding carboxylic acids is 2. The second kappa shape index (κ2) is 8.80. The Balaban J connectivity index is 1.37. The summed E-state index contributed by atoms with van der Waals surface area (Å²) in [6.45, 7) is 3.92. The number of hydrogen-bond acceptors (Lipinski definition) is 4. The standard InChI is InChI=1S/C21H27ClN2O4/c22-18-7-5-15(6-8-18)19(25)23-9-1-3-16(13-23)20(26)24-10-2-4-17(14-24)21-27-11-12-28-21/h5-8,16-17,21H,1-4,9-14H2. The van der Waals surface area contributed by atoms with E-state index < -0.39 is 0 Å². The molecular formula is C21H27ClN2O4. The van der Waals surface area contributed by atoms with Crippen molar-refractivity contribution >= 4 is 23.4 Å². The third kappa shape index (κ3) is 4.34. The van der Waals surface area contributed by atoms with Crippen molar-refractivity contribution in [3.63, 3.8) is 0 Å². The average molecular weight is 407 g/mol. The van der Waals surface area contributed by atoms with Gasteiger partial charge < -0.3 is 19.3 Å². The van der Waals surface area contributed by atoms with Crippen LogP contribution in [0.5, 0.6) is 0 Å². The molecule has 3 aliphatic rings. The zero-order chi connectivity index (χ0) is 19.5. The van der Waals surface area contributed by atoms with Crippen LogP contribution in [0.25, 0.3) is 0 Å². The van der Waals surface area contributed by atoms with Gasteiger partial charge in [-0.15, -0.1) is 0 Å². The normalized spacial score (nSPS) is 26.5. The van der Waals surface area contributed by atoms with Gasteiger partial charge >= 0.3 is 0 Å². The quantitative estimate of drug-likeness (QED) is 0.774. The molecule has 2 unspecified atom stereocenters. The molecule has 4 rings (SSSR count). The smallest absolute Gasteiger partial charge is 0.253 e. The molecule has 28 heavy (non-hydrogen) atoms. The van der Waals surface area contributed by atoms with Crippen LogP contribution < -0.4 is 0 Å². The van der Waals surface area contributed by atoms with E-state index in [1.165, 1.54) is 0 Å². The first-order chi connectivity index (χ1) is 13.6. The Bertz CT molecular complexity index is 705. The summed E-state index contributed by atoms with van der Waals surface area (Å²) in [5.41, 5.74) is 0.617. The van der Waals surface area contributed by atoms with E-state index in [9.17, 15) is 9.59 Å². The number of benzene rings is 1. The SMILES string of the molecule is O=C(c1ccc(Cl)cc1)N1CCCC(C(=O)N2CCCC(C3OCCO3)C2)C1. The first kappa shape index (κ1) is 19.7. The van der Waals surface area contributed by atoms with Gasteiger partial charge in [0.2, 0.25) is 5.91 Å². The molecule has 0 spiro atoms. The summed E-state index contributed by atoms with van der Waals surface area (Å²) in [5, 5.41) is 0.609. The number of ether oxygens (including phenoxy) is 2. The second-order valence-electron chi connectivity index (χ2n) is 7.89. The number of piperidine rings is 2. The Kier molecular flexibility index (Phi) is 6.19. The lowest BCUT2D eigenvalue weighted by molar-refractivity contribution is -0.144. The van der Waals surface area contributed by atoms with Crippen molar-refractivity contribution in [2.75, 3.05) is 39.4 Å². The predicted octanol–water partition coefficient (Wildman–Crippen LogP) is 2.80. The van der Waals surface area contributed by atoms with Crippen molar-refractivity contribution in [2.45, 2.75) is 32.0 Å². The van der Waals surface area contributed by atoms with Crippen LogP contribution in [0.4, 0.5) is 0 Å². The zero-order valence-electron chi connectivity index (χ0n) is 16.0. The van der Waals surface area contributed by atoms with Gasteiger partial charge in [-0.3, -0.25) is 9.59 Å². The maximum Gasteiger partial charge on any atom is 0.253 e. The van der Waals surface area contributed by atoms with Gasteiger partial charge in [0.1, 0.15) is 0 Å². The molecule has 0 saturated carbocycles. The van der Waals surface area contributed by atoms with Crippen LogP contribution in [0.1, 0.15) is 36.0 Å². The number of hydrogen-bond donors (Lipinski definition) is 0. The Morgan fingerprint density at radius 2 is 1.61 bits per heavy atom. The Labute approximate surface area is 170 Å². The maximum absolute atomic E-state index is 13.2. The second-order valence-corrected chi connectivity index (χ2v) is 8.33. The molecule has 3 aliphatic heterocycles. The van der Waals surface area contributed by atoms with Gasteiger partial charge in [0.05, 0.1) is 19.1 Å². The lowest BCUT2D eigenvalue weighted by Gasteiger charge is -2.39. The van der Waals surface area contributed by atoms with Crippen LogP contribution in [-0.2, 0) is 14.3 Å². The summed E-state index contributed by atoms with van der Waals surface area (Å²) < 4.78 is 11.3. The van der Waals surface area contributed by atoms with Crippen LogP contribution in [0.2, 0.25) is 5.02 Å². The third-order valence-corrected chi connectivity index (χ3v) is 6.20. The Hall–Kier alpha value is -1.63. The van der Waals surface area contributed by atoms with Crippen molar-refractivity contribution in [3.8, 4) is 0 Å². The molecule has 0 radical (unpaired) electrons. The van der Waals surface area contributed by atoms with E-state index in [-0.39, 0.29) is 29.9 Å².